The quantitative estimate of drug-likeness (QED) is 0.267. The third kappa shape index (κ3) is 5.17. The molecule has 0 N–H and O–H groups in total. The molecule has 0 spiro atoms. The Hall–Kier alpha value is -3.50. The van der Waals surface area contributed by atoms with E-state index in [1.807, 2.05) is 24.3 Å². The number of benzene rings is 3. The molecule has 4 heteroatoms. The van der Waals surface area contributed by atoms with Crippen molar-refractivity contribution < 1.29 is 13.9 Å². The standard InChI is InChI=1S/C33H32FNO2/c34-16-3-17-35-21-24(22-35)18-23-6-8-26(9-7-23)31-5-2-1-4-28-19-29(13-15-32(28)31)33(36)37-30-14-12-25-10-11-27(25)20-30/h5-9,12-15,18-20H,1-4,10-11,16-17,21-22H2. The van der Waals surface area contributed by atoms with Crippen LogP contribution in [0.5, 0.6) is 5.75 Å². The number of carbonyl (C=O) groups is 1. The summed E-state index contributed by atoms with van der Waals surface area (Å²) in [7, 11) is 0. The number of halogens is 1. The molecule has 37 heavy (non-hydrogen) atoms. The lowest BCUT2D eigenvalue weighted by atomic mass is 9.89. The van der Waals surface area contributed by atoms with E-state index in [1.54, 1.807) is 0 Å². The van der Waals surface area contributed by atoms with Gasteiger partial charge in [-0.2, -0.15) is 0 Å². The Labute approximate surface area is 218 Å². The van der Waals surface area contributed by atoms with Gasteiger partial charge in [0.25, 0.3) is 0 Å². The molecule has 188 valence electrons. The fraction of sp³-hybridized carbons (Fsp3) is 0.303. The number of carbonyl (C=O) groups excluding carboxylic acids is 1. The third-order valence-corrected chi connectivity index (χ3v) is 7.74. The Kier molecular flexibility index (Phi) is 6.75. The average Bonchev–Trinajstić information content (AvgIpc) is 3.09. The van der Waals surface area contributed by atoms with Gasteiger partial charge in [-0.15, -0.1) is 0 Å². The Morgan fingerprint density at radius 2 is 1.76 bits per heavy atom. The van der Waals surface area contributed by atoms with Crippen LogP contribution in [0.3, 0.4) is 0 Å². The van der Waals surface area contributed by atoms with Crippen molar-refractivity contribution in [2.24, 2.45) is 0 Å². The summed E-state index contributed by atoms with van der Waals surface area (Å²) in [5.41, 5.74) is 10.7. The number of rotatable bonds is 7. The van der Waals surface area contributed by atoms with Gasteiger partial charge in [0.1, 0.15) is 5.75 Å². The van der Waals surface area contributed by atoms with Crippen LogP contribution in [0, 0.1) is 0 Å². The average molecular weight is 494 g/mol. The van der Waals surface area contributed by atoms with Crippen LogP contribution in [-0.4, -0.2) is 37.2 Å². The van der Waals surface area contributed by atoms with Crippen molar-refractivity contribution in [3.63, 3.8) is 0 Å². The molecule has 0 bridgehead atoms. The molecule has 1 aliphatic heterocycles. The molecule has 2 aliphatic carbocycles. The van der Waals surface area contributed by atoms with Crippen LogP contribution < -0.4 is 4.74 Å². The van der Waals surface area contributed by atoms with Gasteiger partial charge in [-0.05, 0) is 107 Å². The van der Waals surface area contributed by atoms with Gasteiger partial charge in [0, 0.05) is 19.6 Å². The van der Waals surface area contributed by atoms with Gasteiger partial charge in [0.2, 0.25) is 0 Å². The summed E-state index contributed by atoms with van der Waals surface area (Å²) < 4.78 is 18.1. The number of alkyl halides is 1. The maximum absolute atomic E-state index is 12.9. The zero-order chi connectivity index (χ0) is 25.2. The van der Waals surface area contributed by atoms with Gasteiger partial charge in [-0.1, -0.05) is 48.6 Å². The SMILES string of the molecule is O=C(Oc1ccc2c(c1)CC2)c1ccc2c(c1)CCCC=C2c1ccc(C=C2CN(CCCF)C2)cc1. The van der Waals surface area contributed by atoms with Crippen LogP contribution in [0.1, 0.15) is 63.0 Å². The first-order chi connectivity index (χ1) is 18.2. The van der Waals surface area contributed by atoms with Crippen LogP contribution in [-0.2, 0) is 19.3 Å². The smallest absolute Gasteiger partial charge is 0.343 e. The normalized spacial score (nSPS) is 16.5. The van der Waals surface area contributed by atoms with E-state index < -0.39 is 0 Å². The number of esters is 1. The van der Waals surface area contributed by atoms with Gasteiger partial charge in [0.15, 0.2) is 0 Å². The predicted molar refractivity (Wildman–Crippen MR) is 147 cm³/mol. The third-order valence-electron chi connectivity index (χ3n) is 7.74. The minimum Gasteiger partial charge on any atom is -0.423 e. The van der Waals surface area contributed by atoms with Gasteiger partial charge in [-0.3, -0.25) is 9.29 Å². The Morgan fingerprint density at radius 1 is 0.919 bits per heavy atom. The van der Waals surface area contributed by atoms with E-state index in [0.29, 0.717) is 17.7 Å². The van der Waals surface area contributed by atoms with Crippen LogP contribution in [0.15, 0.2) is 72.3 Å². The maximum Gasteiger partial charge on any atom is 0.343 e. The second-order valence-corrected chi connectivity index (χ2v) is 10.4. The molecule has 1 heterocycles. The van der Waals surface area contributed by atoms with Crippen LogP contribution in [0.2, 0.25) is 0 Å². The summed E-state index contributed by atoms with van der Waals surface area (Å²) in [5.74, 6) is 0.330. The molecule has 1 fully saturated rings. The number of fused-ring (bicyclic) bond motifs is 2. The van der Waals surface area contributed by atoms with E-state index in [2.05, 4.69) is 53.5 Å². The second-order valence-electron chi connectivity index (χ2n) is 10.4. The molecule has 3 aromatic carbocycles. The van der Waals surface area contributed by atoms with Crippen LogP contribution in [0.25, 0.3) is 11.6 Å². The van der Waals surface area contributed by atoms with Crippen LogP contribution in [0.4, 0.5) is 4.39 Å². The summed E-state index contributed by atoms with van der Waals surface area (Å²) in [6.07, 6.45) is 10.4. The van der Waals surface area contributed by atoms with Crippen molar-refractivity contribution in [2.75, 3.05) is 26.3 Å². The number of ether oxygens (including phenoxy) is 1. The number of hydrogen-bond acceptors (Lipinski definition) is 3. The van der Waals surface area contributed by atoms with Crippen LogP contribution >= 0.6 is 0 Å². The van der Waals surface area contributed by atoms with Gasteiger partial charge in [-0.25, -0.2) is 4.79 Å². The van der Waals surface area contributed by atoms with E-state index >= 15 is 0 Å². The lowest BCUT2D eigenvalue weighted by molar-refractivity contribution is 0.0734. The first-order valence-corrected chi connectivity index (χ1v) is 13.4. The largest absolute Gasteiger partial charge is 0.423 e. The molecular weight excluding hydrogens is 461 g/mol. The molecule has 6 rings (SSSR count). The highest BCUT2D eigenvalue weighted by Crippen LogP contribution is 2.33. The lowest BCUT2D eigenvalue weighted by Crippen LogP contribution is -2.40. The highest BCUT2D eigenvalue weighted by Gasteiger charge is 2.20. The zero-order valence-electron chi connectivity index (χ0n) is 21.1. The second kappa shape index (κ2) is 10.5. The molecule has 0 unspecified atom stereocenters. The van der Waals surface area contributed by atoms with Gasteiger partial charge < -0.3 is 4.74 Å². The molecular formula is C33H32FNO2. The van der Waals surface area contributed by atoms with Crippen molar-refractivity contribution in [1.82, 2.24) is 4.90 Å². The van der Waals surface area contributed by atoms with Crippen molar-refractivity contribution >= 4 is 17.6 Å². The molecule has 3 aliphatic rings. The zero-order valence-corrected chi connectivity index (χ0v) is 21.1. The number of likely N-dealkylation sites (tertiary alicyclic amines) is 1. The molecule has 0 amide bonds. The van der Waals surface area contributed by atoms with E-state index in [4.69, 9.17) is 4.74 Å². The monoisotopic (exact) mass is 493 g/mol. The molecule has 3 nitrogen and oxygen atoms in total. The number of allylic oxidation sites excluding steroid dienone is 1. The van der Waals surface area contributed by atoms with Gasteiger partial charge in [0.05, 0.1) is 12.2 Å². The number of aryl methyl sites for hydroxylation is 3. The van der Waals surface area contributed by atoms with Crippen molar-refractivity contribution in [3.05, 3.63) is 111 Å². The highest BCUT2D eigenvalue weighted by atomic mass is 19.1. The molecule has 0 saturated carbocycles. The number of hydrogen-bond donors (Lipinski definition) is 0. The molecule has 0 aromatic heterocycles. The summed E-state index contributed by atoms with van der Waals surface area (Å²) in [5, 5.41) is 0. The first-order valence-electron chi connectivity index (χ1n) is 13.4. The highest BCUT2D eigenvalue weighted by molar-refractivity contribution is 5.93. The summed E-state index contributed by atoms with van der Waals surface area (Å²) >= 11 is 0. The molecule has 0 atom stereocenters. The minimum atomic E-state index is -0.298. The topological polar surface area (TPSA) is 29.5 Å². The van der Waals surface area contributed by atoms with Crippen molar-refractivity contribution in [3.8, 4) is 5.75 Å². The Balaban J connectivity index is 1.16. The molecule has 3 aromatic rings. The Bertz CT molecular complexity index is 1380. The van der Waals surface area contributed by atoms with E-state index in [9.17, 15) is 9.18 Å². The van der Waals surface area contributed by atoms with E-state index in [0.717, 1.165) is 51.7 Å². The number of nitrogens with zero attached hydrogens (tertiary/aromatic N) is 1. The molecule has 0 radical (unpaired) electrons. The predicted octanol–water partition coefficient (Wildman–Crippen LogP) is 6.83. The van der Waals surface area contributed by atoms with E-state index in [1.165, 1.54) is 44.5 Å². The minimum absolute atomic E-state index is 0.240. The first kappa shape index (κ1) is 23.9. The lowest BCUT2D eigenvalue weighted by Gasteiger charge is -2.33. The summed E-state index contributed by atoms with van der Waals surface area (Å²) in [4.78, 5) is 15.2. The summed E-state index contributed by atoms with van der Waals surface area (Å²) in [6, 6.07) is 20.7. The van der Waals surface area contributed by atoms with Crippen molar-refractivity contribution in [2.45, 2.75) is 38.5 Å². The van der Waals surface area contributed by atoms with Gasteiger partial charge >= 0.3 is 5.97 Å². The fourth-order valence-corrected chi connectivity index (χ4v) is 5.57. The maximum atomic E-state index is 12.9. The Morgan fingerprint density at radius 3 is 2.51 bits per heavy atom. The van der Waals surface area contributed by atoms with E-state index in [-0.39, 0.29) is 12.6 Å². The van der Waals surface area contributed by atoms with Crippen molar-refractivity contribution in [1.29, 1.82) is 0 Å². The molecule has 1 saturated heterocycles. The fourth-order valence-electron chi connectivity index (χ4n) is 5.57. The summed E-state index contributed by atoms with van der Waals surface area (Å²) in [6.45, 7) is 2.49.